The first-order valence-corrected chi connectivity index (χ1v) is 12.6. The molecule has 2 aliphatic rings. The van der Waals surface area contributed by atoms with Crippen LogP contribution in [0.2, 0.25) is 25.1 Å². The number of benzene rings is 3. The zero-order valence-electron chi connectivity index (χ0n) is 18.4. The van der Waals surface area contributed by atoms with Crippen molar-refractivity contribution in [2.24, 2.45) is 5.92 Å². The summed E-state index contributed by atoms with van der Waals surface area (Å²) in [6.07, 6.45) is -0.00882. The minimum atomic E-state index is -0.721. The standard InChI is InChI=1S/C25H13Cl5N2O5/c26-12-2-1-3-14(9-12)31-10-11(8-16(31)33)25(36)37-15-6-4-13(5-7-15)32-23(34)17-18(24(32)35)20(28)22(30)21(29)19(17)27/h1-7,9,11H,8,10H2/t11-/m1/s1. The first kappa shape index (κ1) is 25.8. The first-order chi connectivity index (χ1) is 17.6. The molecule has 37 heavy (non-hydrogen) atoms. The number of halogens is 5. The van der Waals surface area contributed by atoms with E-state index < -0.39 is 23.7 Å². The molecule has 188 valence electrons. The molecule has 0 aliphatic carbocycles. The van der Waals surface area contributed by atoms with Crippen LogP contribution in [-0.2, 0) is 9.59 Å². The summed E-state index contributed by atoms with van der Waals surface area (Å²) in [6, 6.07) is 12.5. The summed E-state index contributed by atoms with van der Waals surface area (Å²) in [6.45, 7) is 0.151. The summed E-state index contributed by atoms with van der Waals surface area (Å²) in [5.74, 6) is -2.76. The van der Waals surface area contributed by atoms with E-state index in [1.165, 1.54) is 29.2 Å². The summed E-state index contributed by atoms with van der Waals surface area (Å²) in [5.41, 5.74) is 0.503. The van der Waals surface area contributed by atoms with Crippen LogP contribution < -0.4 is 14.5 Å². The van der Waals surface area contributed by atoms with Crippen LogP contribution in [0.3, 0.4) is 0 Å². The Balaban J connectivity index is 1.31. The van der Waals surface area contributed by atoms with E-state index in [1.807, 2.05) is 0 Å². The number of fused-ring (bicyclic) bond motifs is 1. The molecule has 0 radical (unpaired) electrons. The Labute approximate surface area is 235 Å². The van der Waals surface area contributed by atoms with E-state index in [4.69, 9.17) is 62.7 Å². The smallest absolute Gasteiger partial charge is 0.316 e. The zero-order valence-corrected chi connectivity index (χ0v) is 22.2. The van der Waals surface area contributed by atoms with Crippen molar-refractivity contribution < 1.29 is 23.9 Å². The maximum Gasteiger partial charge on any atom is 0.316 e. The summed E-state index contributed by atoms with van der Waals surface area (Å²) >= 11 is 30.5. The molecule has 1 fully saturated rings. The second-order valence-corrected chi connectivity index (χ2v) is 10.2. The van der Waals surface area contributed by atoms with E-state index in [9.17, 15) is 19.2 Å². The van der Waals surface area contributed by atoms with E-state index in [-0.39, 0.29) is 61.5 Å². The SMILES string of the molecule is O=C(Oc1ccc(N2C(=O)c3c(Cl)c(Cl)c(Cl)c(Cl)c3C2=O)cc1)[C@@H]1CC(=O)N(c2cccc(Cl)c2)C1. The normalized spacial score (nSPS) is 17.0. The zero-order chi connectivity index (χ0) is 26.6. The van der Waals surface area contributed by atoms with E-state index in [1.54, 1.807) is 24.3 Å². The Morgan fingerprint density at radius 3 is 1.95 bits per heavy atom. The third-order valence-corrected chi connectivity index (χ3v) is 8.03. The first-order valence-electron chi connectivity index (χ1n) is 10.7. The van der Waals surface area contributed by atoms with Gasteiger partial charge in [-0.25, -0.2) is 4.90 Å². The van der Waals surface area contributed by atoms with E-state index in [0.717, 1.165) is 4.90 Å². The van der Waals surface area contributed by atoms with Crippen molar-refractivity contribution in [1.82, 2.24) is 0 Å². The van der Waals surface area contributed by atoms with Gasteiger partial charge in [-0.3, -0.25) is 19.2 Å². The largest absolute Gasteiger partial charge is 0.426 e. The molecule has 0 unspecified atom stereocenters. The Bertz CT molecular complexity index is 1460. The predicted molar refractivity (Wildman–Crippen MR) is 142 cm³/mol. The lowest BCUT2D eigenvalue weighted by atomic mass is 10.1. The number of imide groups is 1. The fraction of sp³-hybridized carbons (Fsp3) is 0.120. The fourth-order valence-corrected chi connectivity index (χ4v) is 5.40. The van der Waals surface area contributed by atoms with Crippen molar-refractivity contribution >= 4 is 93.1 Å². The topological polar surface area (TPSA) is 84.0 Å². The molecule has 0 bridgehead atoms. The lowest BCUT2D eigenvalue weighted by Crippen LogP contribution is -2.29. The second-order valence-electron chi connectivity index (χ2n) is 8.25. The maximum atomic E-state index is 13.0. The van der Waals surface area contributed by atoms with Gasteiger partial charge in [0, 0.05) is 23.7 Å². The average molecular weight is 599 g/mol. The van der Waals surface area contributed by atoms with Crippen LogP contribution in [0.4, 0.5) is 11.4 Å². The minimum Gasteiger partial charge on any atom is -0.426 e. The Hall–Kier alpha value is -2.81. The van der Waals surface area contributed by atoms with Gasteiger partial charge in [-0.1, -0.05) is 64.1 Å². The van der Waals surface area contributed by atoms with Gasteiger partial charge in [0.25, 0.3) is 11.8 Å². The molecule has 1 atom stereocenters. The summed E-state index contributed by atoms with van der Waals surface area (Å²) < 4.78 is 5.45. The van der Waals surface area contributed by atoms with Gasteiger partial charge < -0.3 is 9.64 Å². The van der Waals surface area contributed by atoms with Gasteiger partial charge >= 0.3 is 5.97 Å². The quantitative estimate of drug-likeness (QED) is 0.110. The van der Waals surface area contributed by atoms with Crippen molar-refractivity contribution in [2.45, 2.75) is 6.42 Å². The van der Waals surface area contributed by atoms with Crippen molar-refractivity contribution in [3.8, 4) is 5.75 Å². The molecule has 0 spiro atoms. The minimum absolute atomic E-state index is 0.00882. The molecular weight excluding hydrogens is 586 g/mol. The van der Waals surface area contributed by atoms with Gasteiger partial charge in [0.05, 0.1) is 42.8 Å². The van der Waals surface area contributed by atoms with Crippen LogP contribution >= 0.6 is 58.0 Å². The van der Waals surface area contributed by atoms with Gasteiger partial charge in [-0.2, -0.15) is 0 Å². The van der Waals surface area contributed by atoms with Crippen LogP contribution in [-0.4, -0.2) is 30.2 Å². The molecule has 3 aromatic carbocycles. The van der Waals surface area contributed by atoms with Crippen molar-refractivity contribution in [2.75, 3.05) is 16.3 Å². The number of hydrogen-bond donors (Lipinski definition) is 0. The number of amides is 3. The van der Waals surface area contributed by atoms with E-state index in [2.05, 4.69) is 0 Å². The molecule has 5 rings (SSSR count). The predicted octanol–water partition coefficient (Wildman–Crippen LogP) is 6.71. The van der Waals surface area contributed by atoms with Crippen molar-refractivity contribution in [3.05, 3.63) is 84.8 Å². The molecule has 3 amide bonds. The van der Waals surface area contributed by atoms with Gasteiger partial charge in [-0.15, -0.1) is 0 Å². The summed E-state index contributed by atoms with van der Waals surface area (Å²) in [4.78, 5) is 53.6. The number of esters is 1. The summed E-state index contributed by atoms with van der Waals surface area (Å²) in [5, 5.41) is -0.121. The van der Waals surface area contributed by atoms with Crippen molar-refractivity contribution in [3.63, 3.8) is 0 Å². The second kappa shape index (κ2) is 9.82. The highest BCUT2D eigenvalue weighted by atomic mass is 35.5. The lowest BCUT2D eigenvalue weighted by molar-refractivity contribution is -0.139. The number of hydrogen-bond acceptors (Lipinski definition) is 5. The number of carbonyl (C=O) groups excluding carboxylic acids is 4. The number of rotatable bonds is 4. The fourth-order valence-electron chi connectivity index (χ4n) is 4.21. The number of carbonyl (C=O) groups is 4. The Kier molecular flexibility index (Phi) is 6.85. The van der Waals surface area contributed by atoms with Crippen LogP contribution in [0.25, 0.3) is 0 Å². The Morgan fingerprint density at radius 2 is 1.38 bits per heavy atom. The summed E-state index contributed by atoms with van der Waals surface area (Å²) in [7, 11) is 0. The highest BCUT2D eigenvalue weighted by Crippen LogP contribution is 2.45. The van der Waals surface area contributed by atoms with Crippen LogP contribution in [0, 0.1) is 5.92 Å². The average Bonchev–Trinajstić information content (AvgIpc) is 3.39. The van der Waals surface area contributed by atoms with E-state index >= 15 is 0 Å². The molecule has 7 nitrogen and oxygen atoms in total. The molecule has 12 heteroatoms. The maximum absolute atomic E-state index is 13.0. The van der Waals surface area contributed by atoms with Crippen LogP contribution in [0.1, 0.15) is 27.1 Å². The van der Waals surface area contributed by atoms with E-state index in [0.29, 0.717) is 10.7 Å². The molecule has 0 aromatic heterocycles. The number of nitrogens with zero attached hydrogens (tertiary/aromatic N) is 2. The van der Waals surface area contributed by atoms with Gasteiger partial charge in [-0.05, 0) is 42.5 Å². The number of ether oxygens (including phenoxy) is 1. The lowest BCUT2D eigenvalue weighted by Gasteiger charge is -2.17. The monoisotopic (exact) mass is 596 g/mol. The number of anilines is 2. The third-order valence-electron chi connectivity index (χ3n) is 5.99. The molecule has 1 saturated heterocycles. The van der Waals surface area contributed by atoms with Gasteiger partial charge in [0.2, 0.25) is 5.91 Å². The third kappa shape index (κ3) is 4.45. The van der Waals surface area contributed by atoms with Gasteiger partial charge in [0.1, 0.15) is 5.75 Å². The molecule has 0 N–H and O–H groups in total. The molecular formula is C25H13Cl5N2O5. The molecule has 3 aromatic rings. The van der Waals surface area contributed by atoms with Crippen LogP contribution in [0.15, 0.2) is 48.5 Å². The molecule has 0 saturated carbocycles. The molecule has 2 aliphatic heterocycles. The van der Waals surface area contributed by atoms with Crippen LogP contribution in [0.5, 0.6) is 5.75 Å². The molecule has 2 heterocycles. The van der Waals surface area contributed by atoms with Crippen molar-refractivity contribution in [1.29, 1.82) is 0 Å². The Morgan fingerprint density at radius 1 is 0.784 bits per heavy atom. The highest BCUT2D eigenvalue weighted by Gasteiger charge is 2.42. The highest BCUT2D eigenvalue weighted by molar-refractivity contribution is 6.56. The van der Waals surface area contributed by atoms with Gasteiger partial charge in [0.15, 0.2) is 0 Å².